The first kappa shape index (κ1) is 17.9. The summed E-state index contributed by atoms with van der Waals surface area (Å²) in [7, 11) is 0. The Balaban J connectivity index is 2.96. The molecule has 120 valence electrons. The van der Waals surface area contributed by atoms with Crippen molar-refractivity contribution in [2.75, 3.05) is 11.4 Å². The second kappa shape index (κ2) is 8.35. The van der Waals surface area contributed by atoms with Crippen LogP contribution in [-0.4, -0.2) is 22.6 Å². The van der Waals surface area contributed by atoms with Crippen LogP contribution in [0.5, 0.6) is 0 Å². The third kappa shape index (κ3) is 6.03. The molecule has 0 radical (unpaired) electrons. The zero-order valence-corrected chi connectivity index (χ0v) is 14.8. The van der Waals surface area contributed by atoms with Crippen LogP contribution in [-0.2, 0) is 6.42 Å². The highest BCUT2D eigenvalue weighted by molar-refractivity contribution is 5.32. The fourth-order valence-corrected chi connectivity index (χ4v) is 2.55. The summed E-state index contributed by atoms with van der Waals surface area (Å²) in [5.74, 6) is 0.916. The minimum atomic E-state index is 0.339. The fraction of sp³-hybridized carbons (Fsp3) is 0.778. The van der Waals surface area contributed by atoms with Crippen LogP contribution in [0.2, 0.25) is 0 Å². The summed E-state index contributed by atoms with van der Waals surface area (Å²) in [5.41, 5.74) is 1.50. The fourth-order valence-electron chi connectivity index (χ4n) is 2.55. The van der Waals surface area contributed by atoms with Gasteiger partial charge in [-0.3, -0.25) is 0 Å². The summed E-state index contributed by atoms with van der Waals surface area (Å²) < 4.78 is 0. The van der Waals surface area contributed by atoms with Crippen LogP contribution >= 0.6 is 0 Å². The molecule has 0 unspecified atom stereocenters. The molecule has 0 amide bonds. The lowest BCUT2D eigenvalue weighted by Gasteiger charge is -2.33. The molecule has 1 aromatic rings. The van der Waals surface area contributed by atoms with Gasteiger partial charge in [-0.05, 0) is 37.2 Å². The van der Waals surface area contributed by atoms with Crippen molar-refractivity contribution < 1.29 is 0 Å². The average Bonchev–Trinajstić information content (AvgIpc) is 2.43. The van der Waals surface area contributed by atoms with Crippen molar-refractivity contribution in [1.29, 1.82) is 0 Å². The third-order valence-corrected chi connectivity index (χ3v) is 3.95. The van der Waals surface area contributed by atoms with E-state index in [0.29, 0.717) is 11.5 Å². The first-order chi connectivity index (χ1) is 9.91. The van der Waals surface area contributed by atoms with Crippen LogP contribution < -0.4 is 4.90 Å². The predicted molar refractivity (Wildman–Crippen MR) is 91.8 cm³/mol. The van der Waals surface area contributed by atoms with Crippen LogP contribution in [0.15, 0.2) is 12.3 Å². The Morgan fingerprint density at radius 2 is 1.81 bits per heavy atom. The summed E-state index contributed by atoms with van der Waals surface area (Å²) in [4.78, 5) is 11.8. The van der Waals surface area contributed by atoms with Gasteiger partial charge >= 0.3 is 0 Å². The van der Waals surface area contributed by atoms with E-state index < -0.39 is 0 Å². The van der Waals surface area contributed by atoms with E-state index in [0.717, 1.165) is 50.3 Å². The van der Waals surface area contributed by atoms with Gasteiger partial charge in [0, 0.05) is 24.5 Å². The lowest BCUT2D eigenvalue weighted by Crippen LogP contribution is -2.38. The highest BCUT2D eigenvalue weighted by atomic mass is 15.3. The Labute approximate surface area is 131 Å². The summed E-state index contributed by atoms with van der Waals surface area (Å²) in [6, 6.07) is 2.58. The third-order valence-electron chi connectivity index (χ3n) is 3.95. The van der Waals surface area contributed by atoms with E-state index in [9.17, 15) is 0 Å². The maximum atomic E-state index is 4.80. The molecule has 1 rings (SSSR count). The number of rotatable bonds is 8. The van der Waals surface area contributed by atoms with Gasteiger partial charge in [-0.1, -0.05) is 48.0 Å². The van der Waals surface area contributed by atoms with Gasteiger partial charge in [-0.2, -0.15) is 0 Å². The topological polar surface area (TPSA) is 29.0 Å². The zero-order valence-electron chi connectivity index (χ0n) is 14.8. The molecule has 0 spiro atoms. The van der Waals surface area contributed by atoms with Crippen molar-refractivity contribution in [2.45, 2.75) is 79.7 Å². The van der Waals surface area contributed by atoms with Gasteiger partial charge in [-0.15, -0.1) is 0 Å². The minimum Gasteiger partial charge on any atom is -0.338 e. The molecule has 0 bridgehead atoms. The van der Waals surface area contributed by atoms with E-state index in [4.69, 9.17) is 4.98 Å². The van der Waals surface area contributed by atoms with Gasteiger partial charge in [0.05, 0.1) is 0 Å². The van der Waals surface area contributed by atoms with Crippen LogP contribution in [0.3, 0.4) is 0 Å². The van der Waals surface area contributed by atoms with Crippen molar-refractivity contribution in [2.24, 2.45) is 5.41 Å². The molecule has 0 aliphatic rings. The molecular weight excluding hydrogens is 258 g/mol. The van der Waals surface area contributed by atoms with Crippen LogP contribution in [0.25, 0.3) is 0 Å². The number of nitrogens with zero attached hydrogens (tertiary/aromatic N) is 3. The van der Waals surface area contributed by atoms with Gasteiger partial charge in [0.2, 0.25) is 5.95 Å². The summed E-state index contributed by atoms with van der Waals surface area (Å²) in [6.45, 7) is 14.6. The summed E-state index contributed by atoms with van der Waals surface area (Å²) in [5, 5.41) is 0. The highest BCUT2D eigenvalue weighted by Crippen LogP contribution is 2.23. The molecular formula is C18H33N3. The van der Waals surface area contributed by atoms with Crippen molar-refractivity contribution >= 4 is 5.95 Å². The Bertz CT molecular complexity index is 405. The minimum absolute atomic E-state index is 0.339. The molecule has 0 N–H and O–H groups in total. The molecule has 1 heterocycles. The maximum absolute atomic E-state index is 4.80. The van der Waals surface area contributed by atoms with Gasteiger partial charge in [0.15, 0.2) is 0 Å². The molecule has 0 saturated carbocycles. The first-order valence-electron chi connectivity index (χ1n) is 8.49. The summed E-state index contributed by atoms with van der Waals surface area (Å²) in [6.07, 6.45) is 7.52. The highest BCUT2D eigenvalue weighted by Gasteiger charge is 2.21. The molecule has 0 atom stereocenters. The predicted octanol–water partition coefficient (Wildman–Crippen LogP) is 4.86. The largest absolute Gasteiger partial charge is 0.338 e. The molecule has 3 heteroatoms. The number of hydrogen-bond donors (Lipinski definition) is 0. The maximum Gasteiger partial charge on any atom is 0.225 e. The quantitative estimate of drug-likeness (QED) is 0.685. The molecule has 0 aromatic carbocycles. The van der Waals surface area contributed by atoms with E-state index in [1.807, 2.05) is 12.3 Å². The van der Waals surface area contributed by atoms with E-state index in [-0.39, 0.29) is 0 Å². The Morgan fingerprint density at radius 3 is 2.33 bits per heavy atom. The second-order valence-corrected chi connectivity index (χ2v) is 7.07. The Morgan fingerprint density at radius 1 is 1.14 bits per heavy atom. The van der Waals surface area contributed by atoms with Crippen molar-refractivity contribution in [3.8, 4) is 0 Å². The molecule has 1 aromatic heterocycles. The molecule has 0 fully saturated rings. The normalized spacial score (nSPS) is 12.0. The number of anilines is 1. The van der Waals surface area contributed by atoms with E-state index in [1.165, 1.54) is 0 Å². The molecule has 21 heavy (non-hydrogen) atoms. The zero-order chi connectivity index (χ0) is 15.9. The molecule has 0 aliphatic heterocycles. The van der Waals surface area contributed by atoms with E-state index >= 15 is 0 Å². The SMILES string of the molecule is CCCc1ccnc(N(CCC(C)(C)C)C(CC)CC)n1. The number of aryl methyl sites for hydroxylation is 1. The van der Waals surface area contributed by atoms with Gasteiger partial charge in [0.25, 0.3) is 0 Å². The van der Waals surface area contributed by atoms with Crippen molar-refractivity contribution in [3.63, 3.8) is 0 Å². The van der Waals surface area contributed by atoms with Crippen LogP contribution in [0.1, 0.15) is 72.9 Å². The molecule has 3 nitrogen and oxygen atoms in total. The van der Waals surface area contributed by atoms with E-state index in [2.05, 4.69) is 51.4 Å². The standard InChI is InChI=1S/C18H33N3/c1-7-10-15-11-13-19-17(20-15)21(16(8-2)9-3)14-12-18(4,5)6/h11,13,16H,7-10,12,14H2,1-6H3. The van der Waals surface area contributed by atoms with Crippen molar-refractivity contribution in [3.05, 3.63) is 18.0 Å². The molecule has 0 aliphatic carbocycles. The first-order valence-corrected chi connectivity index (χ1v) is 8.49. The monoisotopic (exact) mass is 291 g/mol. The number of aromatic nitrogens is 2. The Kier molecular flexibility index (Phi) is 7.13. The molecule has 0 saturated heterocycles. The van der Waals surface area contributed by atoms with Gasteiger partial charge < -0.3 is 4.90 Å². The second-order valence-electron chi connectivity index (χ2n) is 7.07. The number of hydrogen-bond acceptors (Lipinski definition) is 3. The van der Waals surface area contributed by atoms with Gasteiger partial charge in [-0.25, -0.2) is 9.97 Å². The lowest BCUT2D eigenvalue weighted by molar-refractivity contribution is 0.367. The smallest absolute Gasteiger partial charge is 0.225 e. The van der Waals surface area contributed by atoms with Crippen LogP contribution in [0.4, 0.5) is 5.95 Å². The lowest BCUT2D eigenvalue weighted by atomic mass is 9.91. The van der Waals surface area contributed by atoms with Gasteiger partial charge in [0.1, 0.15) is 0 Å². The Hall–Kier alpha value is -1.12. The van der Waals surface area contributed by atoms with Crippen LogP contribution in [0, 0.1) is 5.41 Å². The average molecular weight is 291 g/mol. The van der Waals surface area contributed by atoms with Crippen molar-refractivity contribution in [1.82, 2.24) is 9.97 Å². The van der Waals surface area contributed by atoms with E-state index in [1.54, 1.807) is 0 Å². The summed E-state index contributed by atoms with van der Waals surface area (Å²) >= 11 is 0.